The van der Waals surface area contributed by atoms with Crippen molar-refractivity contribution in [2.24, 2.45) is 17.8 Å². The van der Waals surface area contributed by atoms with E-state index in [1.54, 1.807) is 15.8 Å². The number of piperidine rings is 1. The number of nitrogens with zero attached hydrogens (tertiary/aromatic N) is 5. The molecule has 6 atom stereocenters. The van der Waals surface area contributed by atoms with Crippen LogP contribution in [0.2, 0.25) is 0 Å². The highest BCUT2D eigenvalue weighted by molar-refractivity contribution is 6.22. The molecule has 1 saturated carbocycles. The molecule has 0 radical (unpaired) electrons. The number of methoxy groups -OCH3 is 2. The van der Waals surface area contributed by atoms with Crippen LogP contribution in [0.3, 0.4) is 0 Å². The minimum Gasteiger partial charge on any atom is -0.453 e. The molecule has 3 fully saturated rings. The van der Waals surface area contributed by atoms with Gasteiger partial charge in [0.25, 0.3) is 0 Å². The number of imidazole rings is 2. The summed E-state index contributed by atoms with van der Waals surface area (Å²) in [5.74, 6) is 7.57. The number of rotatable bonds is 10. The molecule has 328 valence electrons. The summed E-state index contributed by atoms with van der Waals surface area (Å²) < 4.78 is 11.2. The van der Waals surface area contributed by atoms with E-state index in [2.05, 4.69) is 20.6 Å². The van der Waals surface area contributed by atoms with Crippen molar-refractivity contribution in [1.29, 1.82) is 0 Å². The van der Waals surface area contributed by atoms with Gasteiger partial charge in [-0.1, -0.05) is 58.0 Å². The summed E-state index contributed by atoms with van der Waals surface area (Å²) in [7, 11) is 2.56. The lowest BCUT2D eigenvalue weighted by Crippen LogP contribution is -2.54. The van der Waals surface area contributed by atoms with Gasteiger partial charge in [0.15, 0.2) is 11.6 Å². The molecule has 5 aromatic rings. The lowest BCUT2D eigenvalue weighted by Gasteiger charge is -2.37. The number of fused-ring (bicyclic) bond motifs is 6. The van der Waals surface area contributed by atoms with E-state index in [-0.39, 0.29) is 53.5 Å². The van der Waals surface area contributed by atoms with Crippen molar-refractivity contribution in [2.45, 2.75) is 90.0 Å². The zero-order valence-electron chi connectivity index (χ0n) is 36.3. The summed E-state index contributed by atoms with van der Waals surface area (Å²) in [6, 6.07) is 15.5. The van der Waals surface area contributed by atoms with Crippen LogP contribution in [0.25, 0.3) is 44.5 Å². The predicted octanol–water partition coefficient (Wildman–Crippen LogP) is 6.50. The Kier molecular flexibility index (Phi) is 10.7. The number of nitrogens with one attached hydrogen (secondary N) is 3. The van der Waals surface area contributed by atoms with Gasteiger partial charge in [0.2, 0.25) is 11.8 Å². The minimum atomic E-state index is -0.755. The summed E-state index contributed by atoms with van der Waals surface area (Å²) in [4.78, 5) is 83.0. The number of amides is 4. The highest BCUT2D eigenvalue weighted by Gasteiger charge is 2.52. The zero-order valence-corrected chi connectivity index (χ0v) is 36.3. The van der Waals surface area contributed by atoms with Gasteiger partial charge in [0.1, 0.15) is 17.9 Å². The van der Waals surface area contributed by atoms with Gasteiger partial charge in [-0.15, -0.1) is 0 Å². The van der Waals surface area contributed by atoms with Crippen LogP contribution >= 0.6 is 0 Å². The van der Waals surface area contributed by atoms with Crippen LogP contribution in [0.4, 0.5) is 9.59 Å². The van der Waals surface area contributed by atoms with Crippen LogP contribution in [0.1, 0.15) is 99.5 Å². The average Bonchev–Trinajstić information content (AvgIpc) is 4.16. The van der Waals surface area contributed by atoms with Crippen molar-refractivity contribution in [1.82, 2.24) is 40.1 Å². The number of benzene rings is 3. The summed E-state index contributed by atoms with van der Waals surface area (Å²) in [5, 5.41) is 5.43. The fourth-order valence-corrected chi connectivity index (χ4v) is 10.3. The molecule has 2 aliphatic heterocycles. The standard InChI is InChI=1S/C47H53N9O7/c1-23(2)38(52-46(60)62-5)44(58)54-17-7-8-36(54)42-49-22-35(50-42)27-11-15-31-30-14-10-25(19-32(30)41(57)33(31)20-27)26-12-16-34-37(21-26)56(48)43(51-34)40-28-9-13-29(18-28)55(40)45(59)39(24(3)4)53-47(61)63-6/h10-12,14-16,19-24,28-29,36,38-40H,7-9,13,17-18,48H2,1-6H3,(H,49,50)(H,52,60)(H,53,61)/t28-,29+,36-,38-,39-,40-/m0/s1. The summed E-state index contributed by atoms with van der Waals surface area (Å²) in [5.41, 5.74) is 7.52. The Hall–Kier alpha value is -6.71. The zero-order chi connectivity index (χ0) is 44.4. The molecule has 0 spiro atoms. The number of likely N-dealkylation sites (tertiary alicyclic amines) is 2. The van der Waals surface area contributed by atoms with Gasteiger partial charge in [-0.25, -0.2) is 24.2 Å². The van der Waals surface area contributed by atoms with Crippen molar-refractivity contribution < 1.29 is 33.4 Å². The van der Waals surface area contributed by atoms with Crippen LogP contribution in [0, 0.1) is 17.8 Å². The van der Waals surface area contributed by atoms with Gasteiger partial charge in [-0.05, 0) is 96.4 Å². The largest absolute Gasteiger partial charge is 0.453 e. The number of nitrogen functional groups attached to an aromatic ring is 1. The third-order valence-corrected chi connectivity index (χ3v) is 13.5. The topological polar surface area (TPSA) is 207 Å². The van der Waals surface area contributed by atoms with E-state index in [4.69, 9.17) is 20.3 Å². The molecular weight excluding hydrogens is 803 g/mol. The van der Waals surface area contributed by atoms with Crippen LogP contribution < -0.4 is 16.5 Å². The molecule has 2 aromatic heterocycles. The van der Waals surface area contributed by atoms with Crippen LogP contribution in [0.5, 0.6) is 0 Å². The number of carbonyl (C=O) groups is 5. The number of H-pyrrole nitrogens is 1. The Morgan fingerprint density at radius 1 is 0.794 bits per heavy atom. The highest BCUT2D eigenvalue weighted by Crippen LogP contribution is 2.51. The van der Waals surface area contributed by atoms with Crippen LogP contribution in [-0.4, -0.2) is 98.1 Å². The second kappa shape index (κ2) is 16.2. The molecule has 4 amide bonds. The van der Waals surface area contributed by atoms with E-state index in [0.29, 0.717) is 40.4 Å². The first-order chi connectivity index (χ1) is 30.3. The molecule has 2 saturated heterocycles. The van der Waals surface area contributed by atoms with E-state index >= 15 is 0 Å². The highest BCUT2D eigenvalue weighted by atomic mass is 16.5. The van der Waals surface area contributed by atoms with Gasteiger partial charge in [-0.3, -0.25) is 14.4 Å². The molecule has 9 rings (SSSR count). The van der Waals surface area contributed by atoms with Gasteiger partial charge < -0.3 is 40.7 Å². The monoisotopic (exact) mass is 855 g/mol. The third kappa shape index (κ3) is 7.14. The first-order valence-corrected chi connectivity index (χ1v) is 21.8. The summed E-state index contributed by atoms with van der Waals surface area (Å²) in [6.45, 7) is 8.11. The fraction of sp³-hybridized carbons (Fsp3) is 0.426. The van der Waals surface area contributed by atoms with Crippen molar-refractivity contribution in [3.05, 3.63) is 83.6 Å². The molecule has 2 bridgehead atoms. The molecule has 16 nitrogen and oxygen atoms in total. The number of carbonyl (C=O) groups excluding carboxylic acids is 5. The molecule has 0 unspecified atom stereocenters. The molecule has 2 aliphatic carbocycles. The van der Waals surface area contributed by atoms with E-state index in [9.17, 15) is 24.0 Å². The van der Waals surface area contributed by atoms with Crippen molar-refractivity contribution in [3.63, 3.8) is 0 Å². The molecule has 3 aromatic carbocycles. The lowest BCUT2D eigenvalue weighted by atomic mass is 9.95. The summed E-state index contributed by atoms with van der Waals surface area (Å²) in [6.07, 6.45) is 4.65. The van der Waals surface area contributed by atoms with E-state index in [1.807, 2.05) is 87.2 Å². The maximum absolute atomic E-state index is 14.1. The lowest BCUT2D eigenvalue weighted by molar-refractivity contribution is -0.139. The SMILES string of the molecule is COC(=O)N[C@H](C(=O)N1CCC[C@H]1c1ncc(-c2ccc3c(c2)C(=O)c2cc(-c4ccc5nc([C@@H]6[C@H]7CC[C@H](C7)N6C(=O)[C@@H](NC(=O)OC)C(C)C)n(N)c5c4)ccc2-3)[nH]1)C(C)C. The number of hydrogen-bond acceptors (Lipinski definition) is 10. The molecule has 4 heterocycles. The quantitative estimate of drug-likeness (QED) is 0.110. The molecule has 5 N–H and O–H groups in total. The van der Waals surface area contributed by atoms with Gasteiger partial charge >= 0.3 is 12.2 Å². The second-order valence-corrected chi connectivity index (χ2v) is 17.9. The molecular formula is C47H53N9O7. The number of nitrogens with two attached hydrogens (primary N) is 1. The number of alkyl carbamates (subject to hydrolysis) is 2. The number of hydrogen-bond donors (Lipinski definition) is 4. The van der Waals surface area contributed by atoms with Gasteiger partial charge in [0, 0.05) is 29.3 Å². The van der Waals surface area contributed by atoms with Crippen molar-refractivity contribution >= 4 is 40.8 Å². The number of ketones is 1. The molecule has 16 heteroatoms. The Balaban J connectivity index is 0.950. The minimum absolute atomic E-state index is 0.0340. The van der Waals surface area contributed by atoms with Crippen molar-refractivity contribution in [3.8, 4) is 33.5 Å². The van der Waals surface area contributed by atoms with E-state index in [0.717, 1.165) is 65.6 Å². The Morgan fingerprint density at radius 3 is 2.08 bits per heavy atom. The number of aromatic amines is 1. The molecule has 4 aliphatic rings. The Morgan fingerprint density at radius 2 is 1.41 bits per heavy atom. The average molecular weight is 856 g/mol. The van der Waals surface area contributed by atoms with Crippen LogP contribution in [-0.2, 0) is 19.1 Å². The fourth-order valence-electron chi connectivity index (χ4n) is 10.3. The Bertz CT molecular complexity index is 2670. The molecule has 63 heavy (non-hydrogen) atoms. The smallest absolute Gasteiger partial charge is 0.407 e. The first-order valence-electron chi connectivity index (χ1n) is 21.8. The Labute approximate surface area is 364 Å². The number of ether oxygens (including phenoxy) is 2. The maximum atomic E-state index is 14.1. The predicted molar refractivity (Wildman–Crippen MR) is 235 cm³/mol. The summed E-state index contributed by atoms with van der Waals surface area (Å²) >= 11 is 0. The second-order valence-electron chi connectivity index (χ2n) is 17.9. The van der Waals surface area contributed by atoms with Gasteiger partial charge in [-0.2, -0.15) is 0 Å². The number of aromatic nitrogens is 4. The van der Waals surface area contributed by atoms with E-state index in [1.165, 1.54) is 14.2 Å². The normalized spacial score (nSPS) is 20.9. The van der Waals surface area contributed by atoms with E-state index < -0.39 is 24.3 Å². The first kappa shape index (κ1) is 41.6. The maximum Gasteiger partial charge on any atom is 0.407 e. The van der Waals surface area contributed by atoms with Crippen LogP contribution in [0.15, 0.2) is 60.8 Å². The third-order valence-electron chi connectivity index (χ3n) is 13.5. The van der Waals surface area contributed by atoms with Crippen molar-refractivity contribution in [2.75, 3.05) is 26.6 Å². The van der Waals surface area contributed by atoms with Gasteiger partial charge in [0.05, 0.1) is 49.2 Å².